The molecule has 2 aromatic carbocycles. The van der Waals surface area contributed by atoms with E-state index < -0.39 is 17.8 Å². The molecule has 0 aliphatic heterocycles. The first-order chi connectivity index (χ1) is 14.7. The van der Waals surface area contributed by atoms with Crippen LogP contribution in [0.3, 0.4) is 0 Å². The molecule has 3 rings (SSSR count). The molecule has 9 heteroatoms. The average molecular weight is 529 g/mol. The van der Waals surface area contributed by atoms with Gasteiger partial charge in [0.05, 0.1) is 23.4 Å². The van der Waals surface area contributed by atoms with Crippen LogP contribution in [-0.4, -0.2) is 22.1 Å². The number of ether oxygens (including phenoxy) is 1. The van der Waals surface area contributed by atoms with Crippen molar-refractivity contribution in [1.82, 2.24) is 9.55 Å². The number of carbonyl (C=O) groups excluding carboxylic acids is 1. The number of aromatic nitrogens is 2. The predicted molar refractivity (Wildman–Crippen MR) is 125 cm³/mol. The highest BCUT2D eigenvalue weighted by Gasteiger charge is 2.31. The van der Waals surface area contributed by atoms with E-state index in [0.717, 1.165) is 5.56 Å². The molecule has 164 valence electrons. The largest absolute Gasteiger partial charge is 0.461 e. The molecule has 0 saturated carbocycles. The average Bonchev–Trinajstić information content (AvgIpc) is 3.07. The number of hydrogen-bond donors (Lipinski definition) is 1. The number of nitrogens with one attached hydrogen (secondary N) is 1. The summed E-state index contributed by atoms with van der Waals surface area (Å²) in [5.74, 6) is -1.05. The molecular weight excluding hydrogens is 508 g/mol. The van der Waals surface area contributed by atoms with Crippen LogP contribution in [0.25, 0.3) is 0 Å². The highest BCUT2D eigenvalue weighted by Crippen LogP contribution is 2.35. The molecule has 0 spiro atoms. The molecule has 1 heterocycles. The van der Waals surface area contributed by atoms with Crippen LogP contribution in [0.5, 0.6) is 0 Å². The molecule has 31 heavy (non-hydrogen) atoms. The predicted octanol–water partition coefficient (Wildman–Crippen LogP) is 7.05. The van der Waals surface area contributed by atoms with Gasteiger partial charge in [0.2, 0.25) is 0 Å². The molecule has 0 amide bonds. The number of nitrogens with zero attached hydrogens (tertiary/aromatic N) is 2. The third-order valence-corrected chi connectivity index (χ3v) is 5.70. The minimum atomic E-state index is -0.532. The third kappa shape index (κ3) is 5.22. The number of halogens is 4. The maximum absolute atomic E-state index is 13.7. The number of benzene rings is 2. The number of carbonyl (C=O) groups is 1. The van der Waals surface area contributed by atoms with E-state index in [-0.39, 0.29) is 23.4 Å². The zero-order valence-electron chi connectivity index (χ0n) is 17.1. The summed E-state index contributed by atoms with van der Waals surface area (Å²) >= 11 is 15.5. The Hall–Kier alpha value is -2.09. The topological polar surface area (TPSA) is 56.1 Å². The zero-order chi connectivity index (χ0) is 22.7. The summed E-state index contributed by atoms with van der Waals surface area (Å²) < 4.78 is 21.4. The quantitative estimate of drug-likeness (QED) is 0.334. The first-order valence-electron chi connectivity index (χ1n) is 9.64. The molecule has 0 bridgehead atoms. The summed E-state index contributed by atoms with van der Waals surface area (Å²) in [6.45, 7) is 5.93. The Bertz CT molecular complexity index is 1090. The van der Waals surface area contributed by atoms with Gasteiger partial charge in [-0.2, -0.15) is 0 Å². The van der Waals surface area contributed by atoms with Crippen molar-refractivity contribution in [3.63, 3.8) is 0 Å². The summed E-state index contributed by atoms with van der Waals surface area (Å²) in [5.41, 5.74) is 2.18. The van der Waals surface area contributed by atoms with Gasteiger partial charge in [0.15, 0.2) is 10.4 Å². The van der Waals surface area contributed by atoms with E-state index in [4.69, 9.17) is 27.9 Å². The van der Waals surface area contributed by atoms with Gasteiger partial charge in [-0.25, -0.2) is 14.2 Å². The Balaban J connectivity index is 2.22. The molecule has 1 N–H and O–H groups in total. The number of esters is 1. The zero-order valence-corrected chi connectivity index (χ0v) is 20.2. The third-order valence-electron chi connectivity index (χ3n) is 4.60. The Morgan fingerprint density at radius 2 is 1.90 bits per heavy atom. The van der Waals surface area contributed by atoms with Crippen molar-refractivity contribution in [2.75, 3.05) is 11.9 Å². The van der Waals surface area contributed by atoms with Crippen molar-refractivity contribution >= 4 is 50.8 Å². The molecular formula is C22H21BrCl2FN3O2. The minimum absolute atomic E-state index is 0.0102. The van der Waals surface area contributed by atoms with Crippen LogP contribution in [0.4, 0.5) is 10.1 Å². The molecule has 0 saturated heterocycles. The van der Waals surface area contributed by atoms with E-state index in [0.29, 0.717) is 21.1 Å². The molecule has 1 aromatic heterocycles. The number of hydrogen-bond acceptors (Lipinski definition) is 4. The van der Waals surface area contributed by atoms with Crippen molar-refractivity contribution in [2.45, 2.75) is 32.9 Å². The Labute approximate surface area is 198 Å². The number of rotatable bonds is 7. The van der Waals surface area contributed by atoms with E-state index in [1.165, 1.54) is 12.1 Å². The molecule has 0 aliphatic rings. The molecule has 1 atom stereocenters. The number of imidazole rings is 1. The molecule has 0 fully saturated rings. The Kier molecular flexibility index (Phi) is 7.62. The summed E-state index contributed by atoms with van der Waals surface area (Å²) in [7, 11) is 0. The van der Waals surface area contributed by atoms with Crippen LogP contribution >= 0.6 is 39.1 Å². The fourth-order valence-electron chi connectivity index (χ4n) is 3.25. The van der Waals surface area contributed by atoms with E-state index in [1.54, 1.807) is 25.1 Å². The van der Waals surface area contributed by atoms with Crippen LogP contribution in [0.15, 0.2) is 47.2 Å². The SMILES string of the molecule is CCOC(=O)c1nc(Br)n(C(C)C)c1C(Nc1ccc(F)c(Cl)c1)c1ccc(Cl)cc1. The smallest absolute Gasteiger partial charge is 0.358 e. The van der Waals surface area contributed by atoms with Gasteiger partial charge in [-0.15, -0.1) is 0 Å². The lowest BCUT2D eigenvalue weighted by Gasteiger charge is -2.25. The maximum Gasteiger partial charge on any atom is 0.358 e. The lowest BCUT2D eigenvalue weighted by Crippen LogP contribution is -2.21. The van der Waals surface area contributed by atoms with Gasteiger partial charge in [-0.1, -0.05) is 35.3 Å². The Morgan fingerprint density at radius 3 is 2.48 bits per heavy atom. The van der Waals surface area contributed by atoms with Crippen molar-refractivity contribution in [2.24, 2.45) is 0 Å². The van der Waals surface area contributed by atoms with Gasteiger partial charge >= 0.3 is 5.97 Å². The monoisotopic (exact) mass is 527 g/mol. The molecule has 5 nitrogen and oxygen atoms in total. The fraction of sp³-hybridized carbons (Fsp3) is 0.273. The lowest BCUT2D eigenvalue weighted by molar-refractivity contribution is 0.0518. The molecule has 0 radical (unpaired) electrons. The van der Waals surface area contributed by atoms with E-state index in [2.05, 4.69) is 26.2 Å². The summed E-state index contributed by atoms with van der Waals surface area (Å²) in [6, 6.07) is 11.0. The standard InChI is InChI=1S/C22H21BrCl2FN3O2/c1-4-31-21(30)19-20(29(12(2)3)22(23)28-19)18(13-5-7-14(24)8-6-13)27-15-9-10-17(26)16(25)11-15/h5-12,18,27H,4H2,1-3H3. The summed E-state index contributed by atoms with van der Waals surface area (Å²) in [6.07, 6.45) is 0. The van der Waals surface area contributed by atoms with Crippen molar-refractivity contribution in [3.05, 3.63) is 80.0 Å². The van der Waals surface area contributed by atoms with E-state index >= 15 is 0 Å². The normalized spacial score (nSPS) is 12.1. The second kappa shape index (κ2) is 10.0. The van der Waals surface area contributed by atoms with Crippen molar-refractivity contribution < 1.29 is 13.9 Å². The highest BCUT2D eigenvalue weighted by atomic mass is 79.9. The van der Waals surface area contributed by atoms with Gasteiger partial charge in [-0.05, 0) is 72.6 Å². The molecule has 0 aliphatic carbocycles. The lowest BCUT2D eigenvalue weighted by atomic mass is 10.0. The van der Waals surface area contributed by atoms with Crippen molar-refractivity contribution in [3.8, 4) is 0 Å². The van der Waals surface area contributed by atoms with Crippen LogP contribution < -0.4 is 5.32 Å². The van der Waals surface area contributed by atoms with E-state index in [1.807, 2.05) is 30.5 Å². The second-order valence-corrected chi connectivity index (χ2v) is 8.61. The first kappa shape index (κ1) is 23.6. The number of anilines is 1. The van der Waals surface area contributed by atoms with Gasteiger partial charge in [0.25, 0.3) is 0 Å². The first-order valence-corrected chi connectivity index (χ1v) is 11.2. The fourth-order valence-corrected chi connectivity index (χ4v) is 4.34. The maximum atomic E-state index is 13.7. The highest BCUT2D eigenvalue weighted by molar-refractivity contribution is 9.10. The van der Waals surface area contributed by atoms with Gasteiger partial charge in [-0.3, -0.25) is 0 Å². The van der Waals surface area contributed by atoms with Gasteiger partial charge in [0, 0.05) is 16.8 Å². The minimum Gasteiger partial charge on any atom is -0.461 e. The second-order valence-electron chi connectivity index (χ2n) is 7.06. The van der Waals surface area contributed by atoms with Crippen LogP contribution in [0, 0.1) is 5.82 Å². The Morgan fingerprint density at radius 1 is 1.23 bits per heavy atom. The van der Waals surface area contributed by atoms with Gasteiger partial charge < -0.3 is 14.6 Å². The summed E-state index contributed by atoms with van der Waals surface area (Å²) in [5, 5.41) is 3.93. The van der Waals surface area contributed by atoms with Crippen molar-refractivity contribution in [1.29, 1.82) is 0 Å². The van der Waals surface area contributed by atoms with Crippen LogP contribution in [0.2, 0.25) is 10.0 Å². The summed E-state index contributed by atoms with van der Waals surface area (Å²) in [4.78, 5) is 17.2. The molecule has 3 aromatic rings. The van der Waals surface area contributed by atoms with E-state index in [9.17, 15) is 9.18 Å². The molecule has 1 unspecified atom stereocenters. The van der Waals surface area contributed by atoms with Crippen LogP contribution in [-0.2, 0) is 4.74 Å². The van der Waals surface area contributed by atoms with Gasteiger partial charge in [0.1, 0.15) is 5.82 Å². The van der Waals surface area contributed by atoms with Crippen LogP contribution in [0.1, 0.15) is 54.6 Å².